The second-order valence-electron chi connectivity index (χ2n) is 6.66. The number of aromatic nitrogens is 2. The van der Waals surface area contributed by atoms with E-state index < -0.39 is 0 Å². The van der Waals surface area contributed by atoms with E-state index in [1.54, 1.807) is 32.4 Å². The second kappa shape index (κ2) is 12.1. The number of ether oxygens (including phenoxy) is 2. The third kappa shape index (κ3) is 7.24. The largest absolute Gasteiger partial charge is 0.493 e. The van der Waals surface area contributed by atoms with Crippen LogP contribution in [-0.4, -0.2) is 48.5 Å². The maximum absolute atomic E-state index is 12.3. The molecule has 2 aromatic carbocycles. The summed E-state index contributed by atoms with van der Waals surface area (Å²) in [4.78, 5) is 24.4. The lowest BCUT2D eigenvalue weighted by Gasteiger charge is -2.09. The van der Waals surface area contributed by atoms with Gasteiger partial charge in [0.05, 0.1) is 26.4 Å². The van der Waals surface area contributed by atoms with E-state index in [9.17, 15) is 9.59 Å². The van der Waals surface area contributed by atoms with Gasteiger partial charge in [0.1, 0.15) is 0 Å². The van der Waals surface area contributed by atoms with Crippen LogP contribution in [0.15, 0.2) is 52.9 Å². The number of nitrogens with zero attached hydrogens (tertiary/aromatic N) is 2. The van der Waals surface area contributed by atoms with Crippen LogP contribution in [0.4, 0.5) is 5.13 Å². The van der Waals surface area contributed by atoms with E-state index in [-0.39, 0.29) is 24.0 Å². The molecule has 3 aromatic rings. The predicted octanol–water partition coefficient (Wildman–Crippen LogP) is 3.19. The Morgan fingerprint density at radius 3 is 2.50 bits per heavy atom. The number of carbonyl (C=O) groups excluding carboxylic acids is 2. The van der Waals surface area contributed by atoms with Crippen molar-refractivity contribution < 1.29 is 19.1 Å². The summed E-state index contributed by atoms with van der Waals surface area (Å²) in [5, 5.41) is 14.0. The number of methoxy groups -OCH3 is 2. The van der Waals surface area contributed by atoms with Gasteiger partial charge in [-0.05, 0) is 29.7 Å². The van der Waals surface area contributed by atoms with Crippen molar-refractivity contribution in [1.29, 1.82) is 0 Å². The molecule has 1 aromatic heterocycles. The third-order valence-corrected chi connectivity index (χ3v) is 6.34. The van der Waals surface area contributed by atoms with Gasteiger partial charge in [-0.2, -0.15) is 0 Å². The molecule has 32 heavy (non-hydrogen) atoms. The van der Waals surface area contributed by atoms with Gasteiger partial charge in [0.2, 0.25) is 16.9 Å². The molecular formula is C22H24N4O4S2. The molecule has 0 bridgehead atoms. The van der Waals surface area contributed by atoms with Crippen molar-refractivity contribution >= 4 is 40.0 Å². The van der Waals surface area contributed by atoms with Gasteiger partial charge in [-0.1, -0.05) is 59.5 Å². The number of anilines is 1. The van der Waals surface area contributed by atoms with Crippen LogP contribution in [0.3, 0.4) is 0 Å². The topological polar surface area (TPSA) is 102 Å². The Bertz CT molecular complexity index is 1040. The van der Waals surface area contributed by atoms with Gasteiger partial charge >= 0.3 is 0 Å². The summed E-state index contributed by atoms with van der Waals surface area (Å²) in [6, 6.07) is 15.3. The van der Waals surface area contributed by atoms with Gasteiger partial charge in [-0.25, -0.2) is 0 Å². The predicted molar refractivity (Wildman–Crippen MR) is 126 cm³/mol. The van der Waals surface area contributed by atoms with Gasteiger partial charge in [0, 0.05) is 6.54 Å². The van der Waals surface area contributed by atoms with Crippen molar-refractivity contribution in [2.45, 2.75) is 17.2 Å². The highest BCUT2D eigenvalue weighted by Crippen LogP contribution is 2.28. The first-order valence-corrected chi connectivity index (χ1v) is 11.6. The van der Waals surface area contributed by atoms with Crippen molar-refractivity contribution in [1.82, 2.24) is 15.5 Å². The minimum absolute atomic E-state index is 0.0693. The molecule has 0 aliphatic heterocycles. The zero-order chi connectivity index (χ0) is 22.8. The molecule has 0 fully saturated rings. The van der Waals surface area contributed by atoms with E-state index in [1.807, 2.05) is 30.3 Å². The second-order valence-corrected chi connectivity index (χ2v) is 8.86. The third-order valence-electron chi connectivity index (χ3n) is 4.37. The highest BCUT2D eigenvalue weighted by atomic mass is 32.2. The van der Waals surface area contributed by atoms with Crippen molar-refractivity contribution in [2.24, 2.45) is 0 Å². The normalized spacial score (nSPS) is 10.4. The number of rotatable bonds is 11. The lowest BCUT2D eigenvalue weighted by molar-refractivity contribution is -0.118. The summed E-state index contributed by atoms with van der Waals surface area (Å²) in [6.45, 7) is 0.580. The Morgan fingerprint density at radius 1 is 0.969 bits per heavy atom. The van der Waals surface area contributed by atoms with Gasteiger partial charge < -0.3 is 20.1 Å². The van der Waals surface area contributed by atoms with Crippen molar-refractivity contribution in [3.63, 3.8) is 0 Å². The standard InChI is InChI=1S/C22H24N4O4S2/c1-29-17-9-8-16(12-18(17)30-2)13-19(27)24-21-25-26-22(32-21)31-14-20(28)23-11-10-15-6-4-3-5-7-15/h3-9,12H,10-11,13-14H2,1-2H3,(H,23,28)(H,24,25,27). The monoisotopic (exact) mass is 472 g/mol. The van der Waals surface area contributed by atoms with E-state index in [1.165, 1.54) is 28.7 Å². The first-order chi connectivity index (χ1) is 15.6. The molecule has 0 aliphatic rings. The average molecular weight is 473 g/mol. The molecule has 0 aliphatic carbocycles. The van der Waals surface area contributed by atoms with Crippen LogP contribution in [0.5, 0.6) is 11.5 Å². The molecule has 0 saturated carbocycles. The molecule has 0 atom stereocenters. The summed E-state index contributed by atoms with van der Waals surface area (Å²) in [5.74, 6) is 1.12. The lowest BCUT2D eigenvalue weighted by Crippen LogP contribution is -2.27. The molecule has 0 saturated heterocycles. The highest BCUT2D eigenvalue weighted by Gasteiger charge is 2.12. The summed E-state index contributed by atoms with van der Waals surface area (Å²) in [6.07, 6.45) is 0.943. The number of hydrogen-bond acceptors (Lipinski definition) is 8. The molecule has 0 unspecified atom stereocenters. The molecule has 2 N–H and O–H groups in total. The van der Waals surface area contributed by atoms with E-state index in [0.717, 1.165) is 12.0 Å². The minimum Gasteiger partial charge on any atom is -0.493 e. The maximum Gasteiger partial charge on any atom is 0.230 e. The molecule has 0 spiro atoms. The molecule has 3 rings (SSSR count). The van der Waals surface area contributed by atoms with E-state index in [4.69, 9.17) is 9.47 Å². The van der Waals surface area contributed by atoms with Crippen molar-refractivity contribution in [3.8, 4) is 11.5 Å². The molecule has 2 amide bonds. The number of amides is 2. The number of nitrogens with one attached hydrogen (secondary N) is 2. The summed E-state index contributed by atoms with van der Waals surface area (Å²) in [5.41, 5.74) is 1.96. The van der Waals surface area contributed by atoms with Crippen molar-refractivity contribution in [2.75, 3.05) is 31.8 Å². The number of benzene rings is 2. The molecular weight excluding hydrogens is 448 g/mol. The molecule has 8 nitrogen and oxygen atoms in total. The van der Waals surface area contributed by atoms with Crippen LogP contribution >= 0.6 is 23.1 Å². The van der Waals surface area contributed by atoms with E-state index in [0.29, 0.717) is 27.5 Å². The van der Waals surface area contributed by atoms with E-state index in [2.05, 4.69) is 20.8 Å². The van der Waals surface area contributed by atoms with Gasteiger partial charge in [-0.3, -0.25) is 9.59 Å². The minimum atomic E-state index is -0.219. The van der Waals surface area contributed by atoms with Crippen LogP contribution in [0.1, 0.15) is 11.1 Å². The van der Waals surface area contributed by atoms with Crippen molar-refractivity contribution in [3.05, 3.63) is 59.7 Å². The number of hydrogen-bond donors (Lipinski definition) is 2. The lowest BCUT2D eigenvalue weighted by atomic mass is 10.1. The maximum atomic E-state index is 12.3. The Kier molecular flexibility index (Phi) is 8.88. The summed E-state index contributed by atoms with van der Waals surface area (Å²) in [7, 11) is 3.11. The molecule has 168 valence electrons. The molecule has 1 heterocycles. The van der Waals surface area contributed by atoms with Crippen LogP contribution in [0, 0.1) is 0 Å². The van der Waals surface area contributed by atoms with Gasteiger partial charge in [0.25, 0.3) is 0 Å². The fraction of sp³-hybridized carbons (Fsp3) is 0.273. The van der Waals surface area contributed by atoms with Crippen LogP contribution in [0.2, 0.25) is 0 Å². The summed E-state index contributed by atoms with van der Waals surface area (Å²) < 4.78 is 11.1. The van der Waals surface area contributed by atoms with Gasteiger partial charge in [0.15, 0.2) is 15.8 Å². The molecule has 10 heteroatoms. The highest BCUT2D eigenvalue weighted by molar-refractivity contribution is 8.01. The Balaban J connectivity index is 1.41. The zero-order valence-electron chi connectivity index (χ0n) is 17.8. The fourth-order valence-corrected chi connectivity index (χ4v) is 4.43. The summed E-state index contributed by atoms with van der Waals surface area (Å²) >= 11 is 2.52. The Labute approximate surface area is 194 Å². The van der Waals surface area contributed by atoms with Crippen LogP contribution in [-0.2, 0) is 22.4 Å². The van der Waals surface area contributed by atoms with E-state index >= 15 is 0 Å². The Hall–Kier alpha value is -3.11. The fourth-order valence-electron chi connectivity index (χ4n) is 2.83. The quantitative estimate of drug-likeness (QED) is 0.326. The van der Waals surface area contributed by atoms with Crippen LogP contribution < -0.4 is 20.1 Å². The smallest absolute Gasteiger partial charge is 0.230 e. The first-order valence-electron chi connectivity index (χ1n) is 9.85. The van der Waals surface area contributed by atoms with Gasteiger partial charge in [-0.15, -0.1) is 10.2 Å². The first kappa shape index (κ1) is 23.6. The Morgan fingerprint density at radius 2 is 1.75 bits per heavy atom. The average Bonchev–Trinajstić information content (AvgIpc) is 3.25. The number of thioether (sulfide) groups is 1. The molecule has 0 radical (unpaired) electrons. The number of carbonyl (C=O) groups is 2. The zero-order valence-corrected chi connectivity index (χ0v) is 19.4. The van der Waals surface area contributed by atoms with Crippen LogP contribution in [0.25, 0.3) is 0 Å². The SMILES string of the molecule is COc1ccc(CC(=O)Nc2nnc(SCC(=O)NCCc3ccccc3)s2)cc1OC.